The molecule has 108 valence electrons. The highest BCUT2D eigenvalue weighted by Gasteiger charge is 2.43. The summed E-state index contributed by atoms with van der Waals surface area (Å²) in [6.45, 7) is 4.15. The third-order valence-corrected chi connectivity index (χ3v) is 5.00. The zero-order valence-corrected chi connectivity index (χ0v) is 12.4. The van der Waals surface area contributed by atoms with Crippen molar-refractivity contribution in [1.82, 2.24) is 5.32 Å². The van der Waals surface area contributed by atoms with Crippen LogP contribution in [-0.2, 0) is 9.53 Å². The van der Waals surface area contributed by atoms with Crippen molar-refractivity contribution in [3.05, 3.63) is 0 Å². The first kappa shape index (κ1) is 14.7. The SMILES string of the molecule is CC1CCC(CNC(=O)C2(C(N)=S)CCOCC2)C1. The van der Waals surface area contributed by atoms with Crippen LogP contribution in [-0.4, -0.2) is 30.7 Å². The summed E-state index contributed by atoms with van der Waals surface area (Å²) < 4.78 is 5.32. The van der Waals surface area contributed by atoms with Gasteiger partial charge in [-0.25, -0.2) is 0 Å². The minimum atomic E-state index is -0.683. The fourth-order valence-electron chi connectivity index (χ4n) is 3.22. The first-order chi connectivity index (χ1) is 9.04. The molecule has 2 atom stereocenters. The number of hydrogen-bond acceptors (Lipinski definition) is 3. The summed E-state index contributed by atoms with van der Waals surface area (Å²) in [5, 5.41) is 3.08. The molecule has 1 saturated heterocycles. The second-order valence-corrected chi connectivity index (χ2v) is 6.49. The van der Waals surface area contributed by atoms with Crippen LogP contribution in [0.1, 0.15) is 39.0 Å². The number of ether oxygens (including phenoxy) is 1. The van der Waals surface area contributed by atoms with Crippen LogP contribution in [0.15, 0.2) is 0 Å². The molecule has 2 aliphatic rings. The molecule has 2 fully saturated rings. The highest BCUT2D eigenvalue weighted by molar-refractivity contribution is 7.80. The van der Waals surface area contributed by atoms with Crippen molar-refractivity contribution >= 4 is 23.1 Å². The van der Waals surface area contributed by atoms with Gasteiger partial charge in [-0.05, 0) is 37.5 Å². The maximum atomic E-state index is 12.5. The monoisotopic (exact) mass is 284 g/mol. The van der Waals surface area contributed by atoms with Crippen LogP contribution in [0.2, 0.25) is 0 Å². The van der Waals surface area contributed by atoms with Crippen molar-refractivity contribution in [2.45, 2.75) is 39.0 Å². The van der Waals surface area contributed by atoms with E-state index in [1.165, 1.54) is 19.3 Å². The van der Waals surface area contributed by atoms with Crippen molar-refractivity contribution < 1.29 is 9.53 Å². The molecule has 0 aromatic heterocycles. The fraction of sp³-hybridized carbons (Fsp3) is 0.857. The maximum Gasteiger partial charge on any atom is 0.233 e. The van der Waals surface area contributed by atoms with E-state index in [0.29, 0.717) is 37.0 Å². The Morgan fingerprint density at radius 3 is 2.63 bits per heavy atom. The van der Waals surface area contributed by atoms with Crippen molar-refractivity contribution in [3.8, 4) is 0 Å². The number of rotatable bonds is 4. The van der Waals surface area contributed by atoms with Gasteiger partial charge in [-0.3, -0.25) is 4.79 Å². The zero-order valence-electron chi connectivity index (χ0n) is 11.6. The van der Waals surface area contributed by atoms with Crippen LogP contribution < -0.4 is 11.1 Å². The van der Waals surface area contributed by atoms with Crippen molar-refractivity contribution in [1.29, 1.82) is 0 Å². The molecule has 1 aliphatic heterocycles. The summed E-state index contributed by atoms with van der Waals surface area (Å²) in [6, 6.07) is 0. The number of amides is 1. The van der Waals surface area contributed by atoms with Crippen LogP contribution in [0.5, 0.6) is 0 Å². The van der Waals surface area contributed by atoms with Gasteiger partial charge in [-0.1, -0.05) is 25.6 Å². The molecule has 19 heavy (non-hydrogen) atoms. The van der Waals surface area contributed by atoms with E-state index in [0.717, 1.165) is 12.5 Å². The summed E-state index contributed by atoms with van der Waals surface area (Å²) in [7, 11) is 0. The van der Waals surface area contributed by atoms with Gasteiger partial charge in [0.1, 0.15) is 5.41 Å². The van der Waals surface area contributed by atoms with Gasteiger partial charge in [0.05, 0.1) is 4.99 Å². The third-order valence-electron chi connectivity index (χ3n) is 4.61. The summed E-state index contributed by atoms with van der Waals surface area (Å²) in [5.74, 6) is 1.40. The smallest absolute Gasteiger partial charge is 0.233 e. The molecule has 1 saturated carbocycles. The van der Waals surface area contributed by atoms with Gasteiger partial charge in [-0.2, -0.15) is 0 Å². The van der Waals surface area contributed by atoms with Gasteiger partial charge < -0.3 is 15.8 Å². The number of hydrogen-bond donors (Lipinski definition) is 2. The second kappa shape index (κ2) is 6.18. The molecule has 0 radical (unpaired) electrons. The molecular weight excluding hydrogens is 260 g/mol. The molecule has 1 heterocycles. The molecule has 2 unspecified atom stereocenters. The Morgan fingerprint density at radius 1 is 1.42 bits per heavy atom. The Hall–Kier alpha value is -0.680. The average Bonchev–Trinajstić information content (AvgIpc) is 2.82. The fourth-order valence-corrected chi connectivity index (χ4v) is 3.52. The lowest BCUT2D eigenvalue weighted by Crippen LogP contribution is -2.52. The highest BCUT2D eigenvalue weighted by Crippen LogP contribution is 2.33. The molecule has 4 nitrogen and oxygen atoms in total. The second-order valence-electron chi connectivity index (χ2n) is 6.05. The summed E-state index contributed by atoms with van der Waals surface area (Å²) >= 11 is 5.13. The van der Waals surface area contributed by atoms with Gasteiger partial charge in [0.2, 0.25) is 5.91 Å². The van der Waals surface area contributed by atoms with Crippen LogP contribution in [0, 0.1) is 17.3 Å². The maximum absolute atomic E-state index is 12.5. The lowest BCUT2D eigenvalue weighted by atomic mass is 9.79. The molecule has 0 bridgehead atoms. The Kier molecular flexibility index (Phi) is 4.79. The van der Waals surface area contributed by atoms with Gasteiger partial charge in [0, 0.05) is 19.8 Å². The van der Waals surface area contributed by atoms with Crippen LogP contribution in [0.4, 0.5) is 0 Å². The minimum absolute atomic E-state index is 0.00264. The number of nitrogens with one attached hydrogen (secondary N) is 1. The molecule has 3 N–H and O–H groups in total. The Balaban J connectivity index is 1.91. The predicted molar refractivity (Wildman–Crippen MR) is 78.8 cm³/mol. The quantitative estimate of drug-likeness (QED) is 0.770. The molecule has 1 amide bonds. The van der Waals surface area contributed by atoms with Crippen LogP contribution >= 0.6 is 12.2 Å². The largest absolute Gasteiger partial charge is 0.392 e. The predicted octanol–water partition coefficient (Wildman–Crippen LogP) is 1.62. The molecule has 0 aromatic carbocycles. The van der Waals surface area contributed by atoms with E-state index < -0.39 is 5.41 Å². The van der Waals surface area contributed by atoms with Gasteiger partial charge in [-0.15, -0.1) is 0 Å². The minimum Gasteiger partial charge on any atom is -0.392 e. The van der Waals surface area contributed by atoms with E-state index in [-0.39, 0.29) is 5.91 Å². The number of carbonyl (C=O) groups is 1. The van der Waals surface area contributed by atoms with Crippen LogP contribution in [0.3, 0.4) is 0 Å². The van der Waals surface area contributed by atoms with Crippen LogP contribution in [0.25, 0.3) is 0 Å². The normalized spacial score (nSPS) is 29.9. The van der Waals surface area contributed by atoms with Gasteiger partial charge in [0.15, 0.2) is 0 Å². The summed E-state index contributed by atoms with van der Waals surface area (Å²) in [6.07, 6.45) is 4.91. The van der Waals surface area contributed by atoms with Gasteiger partial charge >= 0.3 is 0 Å². The number of carbonyl (C=O) groups excluding carboxylic acids is 1. The lowest BCUT2D eigenvalue weighted by Gasteiger charge is -2.35. The Labute approximate surface area is 120 Å². The van der Waals surface area contributed by atoms with Crippen molar-refractivity contribution in [3.63, 3.8) is 0 Å². The Morgan fingerprint density at radius 2 is 2.11 bits per heavy atom. The summed E-state index contributed by atoms with van der Waals surface area (Å²) in [5.41, 5.74) is 5.14. The topological polar surface area (TPSA) is 64.4 Å². The third kappa shape index (κ3) is 3.26. The van der Waals surface area contributed by atoms with Crippen molar-refractivity contribution in [2.75, 3.05) is 19.8 Å². The van der Waals surface area contributed by atoms with E-state index in [1.807, 2.05) is 0 Å². The molecule has 2 rings (SSSR count). The molecule has 0 aromatic rings. The first-order valence-corrected chi connectivity index (χ1v) is 7.61. The lowest BCUT2D eigenvalue weighted by molar-refractivity contribution is -0.131. The standard InChI is InChI=1S/C14H24N2O2S/c1-10-2-3-11(8-10)9-16-13(17)14(12(15)19)4-6-18-7-5-14/h10-11H,2-9H2,1H3,(H2,15,19)(H,16,17). The Bertz CT molecular complexity index is 353. The van der Waals surface area contributed by atoms with E-state index in [2.05, 4.69) is 12.2 Å². The zero-order chi connectivity index (χ0) is 13.9. The molecular formula is C14H24N2O2S. The van der Waals surface area contributed by atoms with E-state index >= 15 is 0 Å². The molecule has 1 aliphatic carbocycles. The van der Waals surface area contributed by atoms with Gasteiger partial charge in [0.25, 0.3) is 0 Å². The number of thiocarbonyl (C=S) groups is 1. The molecule has 0 spiro atoms. The van der Waals surface area contributed by atoms with E-state index in [9.17, 15) is 4.79 Å². The average molecular weight is 284 g/mol. The number of nitrogens with two attached hydrogens (primary N) is 1. The van der Waals surface area contributed by atoms with E-state index in [4.69, 9.17) is 22.7 Å². The first-order valence-electron chi connectivity index (χ1n) is 7.20. The summed E-state index contributed by atoms with van der Waals surface area (Å²) in [4.78, 5) is 12.8. The van der Waals surface area contributed by atoms with E-state index in [1.54, 1.807) is 0 Å². The molecule has 5 heteroatoms. The highest BCUT2D eigenvalue weighted by atomic mass is 32.1. The van der Waals surface area contributed by atoms with Crippen molar-refractivity contribution in [2.24, 2.45) is 23.0 Å².